The van der Waals surface area contributed by atoms with Crippen molar-refractivity contribution >= 4 is 11.3 Å². The van der Waals surface area contributed by atoms with Crippen LogP contribution in [0.4, 0.5) is 0 Å². The van der Waals surface area contributed by atoms with E-state index in [9.17, 15) is 5.11 Å². The van der Waals surface area contributed by atoms with Crippen LogP contribution in [0.2, 0.25) is 0 Å². The van der Waals surface area contributed by atoms with Gasteiger partial charge < -0.3 is 5.11 Å². The summed E-state index contributed by atoms with van der Waals surface area (Å²) in [6.07, 6.45) is 12.6. The largest absolute Gasteiger partial charge is 0.393 e. The first-order valence-corrected chi connectivity index (χ1v) is 7.76. The molecule has 0 saturated carbocycles. The number of aliphatic hydroxyl groups excluding tert-OH is 1. The molecule has 0 aliphatic carbocycles. The lowest BCUT2D eigenvalue weighted by molar-refractivity contribution is 0.161. The fourth-order valence-electron chi connectivity index (χ4n) is 2.01. The van der Waals surface area contributed by atoms with Crippen LogP contribution in [0.1, 0.15) is 63.2 Å². The van der Waals surface area contributed by atoms with Gasteiger partial charge in [0, 0.05) is 17.5 Å². The second kappa shape index (κ2) is 9.60. The number of aliphatic hydroxyl groups is 1. The maximum absolute atomic E-state index is 9.84. The maximum atomic E-state index is 9.84. The van der Waals surface area contributed by atoms with Crippen LogP contribution in [-0.2, 0) is 6.42 Å². The highest BCUT2D eigenvalue weighted by molar-refractivity contribution is 7.09. The number of thiazole rings is 1. The quantitative estimate of drug-likeness (QED) is 0.636. The number of hydrogen-bond acceptors (Lipinski definition) is 3. The van der Waals surface area contributed by atoms with Crippen molar-refractivity contribution in [2.24, 2.45) is 0 Å². The molecule has 3 heteroatoms. The normalized spacial score (nSPS) is 12.8. The lowest BCUT2D eigenvalue weighted by Crippen LogP contribution is -2.09. The third-order valence-corrected chi connectivity index (χ3v) is 3.86. The summed E-state index contributed by atoms with van der Waals surface area (Å²) in [4.78, 5) is 5.22. The highest BCUT2D eigenvalue weighted by Crippen LogP contribution is 2.14. The highest BCUT2D eigenvalue weighted by atomic mass is 32.1. The summed E-state index contributed by atoms with van der Waals surface area (Å²) in [6.45, 7) is 2.25. The Labute approximate surface area is 109 Å². The third-order valence-electron chi connectivity index (χ3n) is 3.06. The van der Waals surface area contributed by atoms with Gasteiger partial charge in [-0.3, -0.25) is 4.98 Å². The molecule has 0 spiro atoms. The molecule has 0 aliphatic heterocycles. The Morgan fingerprint density at radius 3 is 2.53 bits per heavy atom. The second-order valence-electron chi connectivity index (χ2n) is 4.74. The summed E-state index contributed by atoms with van der Waals surface area (Å²) in [7, 11) is 0. The smallest absolute Gasteiger partial charge is 0.0794 e. The predicted molar refractivity (Wildman–Crippen MR) is 74.4 cm³/mol. The molecule has 17 heavy (non-hydrogen) atoms. The molecule has 1 N–H and O–H groups in total. The molecule has 1 aromatic heterocycles. The van der Waals surface area contributed by atoms with Gasteiger partial charge in [0.15, 0.2) is 0 Å². The van der Waals surface area contributed by atoms with E-state index in [-0.39, 0.29) is 6.10 Å². The fourth-order valence-corrected chi connectivity index (χ4v) is 2.68. The van der Waals surface area contributed by atoms with Crippen molar-refractivity contribution < 1.29 is 5.11 Å². The molecule has 0 fully saturated rings. The third kappa shape index (κ3) is 7.50. The van der Waals surface area contributed by atoms with E-state index in [0.29, 0.717) is 0 Å². The SMILES string of the molecule is CCCCCCCCCC(O)Cc1cncs1. The standard InChI is InChI=1S/C14H25NOS/c1-2-3-4-5-6-7-8-9-13(16)10-14-11-15-12-17-14/h11-13,16H,2-10H2,1H3. The summed E-state index contributed by atoms with van der Waals surface area (Å²) >= 11 is 1.63. The van der Waals surface area contributed by atoms with Crippen molar-refractivity contribution in [3.05, 3.63) is 16.6 Å². The topological polar surface area (TPSA) is 33.1 Å². The van der Waals surface area contributed by atoms with Crippen molar-refractivity contribution in [2.45, 2.75) is 70.8 Å². The van der Waals surface area contributed by atoms with E-state index in [0.717, 1.165) is 19.3 Å². The Morgan fingerprint density at radius 2 is 1.88 bits per heavy atom. The zero-order valence-corrected chi connectivity index (χ0v) is 11.7. The van der Waals surface area contributed by atoms with Gasteiger partial charge in [-0.05, 0) is 6.42 Å². The van der Waals surface area contributed by atoms with E-state index in [1.165, 1.54) is 43.4 Å². The van der Waals surface area contributed by atoms with Gasteiger partial charge in [-0.25, -0.2) is 0 Å². The van der Waals surface area contributed by atoms with Gasteiger partial charge in [0.2, 0.25) is 0 Å². The van der Waals surface area contributed by atoms with Crippen molar-refractivity contribution in [1.29, 1.82) is 0 Å². The summed E-state index contributed by atoms with van der Waals surface area (Å²) < 4.78 is 0. The number of hydrogen-bond donors (Lipinski definition) is 1. The molecular formula is C14H25NOS. The molecule has 98 valence electrons. The molecule has 1 aromatic rings. The van der Waals surface area contributed by atoms with Crippen molar-refractivity contribution in [3.8, 4) is 0 Å². The van der Waals surface area contributed by atoms with Crippen molar-refractivity contribution in [2.75, 3.05) is 0 Å². The minimum atomic E-state index is -0.175. The molecule has 1 heterocycles. The van der Waals surface area contributed by atoms with Gasteiger partial charge in [-0.1, -0.05) is 51.9 Å². The summed E-state index contributed by atoms with van der Waals surface area (Å²) in [5, 5.41) is 9.84. The Kier molecular flexibility index (Phi) is 8.28. The highest BCUT2D eigenvalue weighted by Gasteiger charge is 2.06. The van der Waals surface area contributed by atoms with Crippen LogP contribution in [0.25, 0.3) is 0 Å². The molecule has 0 amide bonds. The molecule has 0 aromatic carbocycles. The van der Waals surface area contributed by atoms with Crippen LogP contribution in [0, 0.1) is 0 Å². The predicted octanol–water partition coefficient (Wildman–Crippen LogP) is 4.19. The monoisotopic (exact) mass is 255 g/mol. The summed E-state index contributed by atoms with van der Waals surface area (Å²) in [6, 6.07) is 0. The molecule has 0 bridgehead atoms. The van der Waals surface area contributed by atoms with Gasteiger partial charge in [0.25, 0.3) is 0 Å². The Balaban J connectivity index is 1.92. The van der Waals surface area contributed by atoms with Gasteiger partial charge in [0.1, 0.15) is 0 Å². The van der Waals surface area contributed by atoms with Crippen LogP contribution in [0.3, 0.4) is 0 Å². The van der Waals surface area contributed by atoms with Gasteiger partial charge >= 0.3 is 0 Å². The summed E-state index contributed by atoms with van der Waals surface area (Å²) in [5.74, 6) is 0. The zero-order chi connectivity index (χ0) is 12.3. The number of aromatic nitrogens is 1. The molecule has 1 atom stereocenters. The van der Waals surface area contributed by atoms with E-state index < -0.39 is 0 Å². The lowest BCUT2D eigenvalue weighted by atomic mass is 10.0. The van der Waals surface area contributed by atoms with E-state index >= 15 is 0 Å². The van der Waals surface area contributed by atoms with Gasteiger partial charge in [0.05, 0.1) is 11.6 Å². The average molecular weight is 255 g/mol. The Bertz CT molecular complexity index is 261. The van der Waals surface area contributed by atoms with E-state index in [1.807, 2.05) is 11.7 Å². The molecule has 1 rings (SSSR count). The zero-order valence-electron chi connectivity index (χ0n) is 10.9. The van der Waals surface area contributed by atoms with Crippen LogP contribution in [-0.4, -0.2) is 16.2 Å². The molecule has 2 nitrogen and oxygen atoms in total. The molecule has 0 aliphatic rings. The first-order valence-electron chi connectivity index (χ1n) is 6.88. The fraction of sp³-hybridized carbons (Fsp3) is 0.786. The number of nitrogens with zero attached hydrogens (tertiary/aromatic N) is 1. The lowest BCUT2D eigenvalue weighted by Gasteiger charge is -2.08. The molecule has 1 unspecified atom stereocenters. The van der Waals surface area contributed by atoms with Gasteiger partial charge in [-0.2, -0.15) is 0 Å². The first kappa shape index (κ1) is 14.7. The van der Waals surface area contributed by atoms with Crippen LogP contribution >= 0.6 is 11.3 Å². The second-order valence-corrected chi connectivity index (χ2v) is 5.71. The minimum absolute atomic E-state index is 0.175. The summed E-state index contributed by atoms with van der Waals surface area (Å²) in [5.41, 5.74) is 1.83. The van der Waals surface area contributed by atoms with Crippen LogP contribution in [0.5, 0.6) is 0 Å². The number of rotatable bonds is 10. The minimum Gasteiger partial charge on any atom is -0.393 e. The Morgan fingerprint density at radius 1 is 1.18 bits per heavy atom. The van der Waals surface area contributed by atoms with E-state index in [4.69, 9.17) is 0 Å². The van der Waals surface area contributed by atoms with Crippen LogP contribution in [0.15, 0.2) is 11.7 Å². The maximum Gasteiger partial charge on any atom is 0.0794 e. The van der Waals surface area contributed by atoms with Crippen LogP contribution < -0.4 is 0 Å². The molecular weight excluding hydrogens is 230 g/mol. The molecule has 0 saturated heterocycles. The van der Waals surface area contributed by atoms with Crippen molar-refractivity contribution in [3.63, 3.8) is 0 Å². The van der Waals surface area contributed by atoms with E-state index in [2.05, 4.69) is 11.9 Å². The molecule has 0 radical (unpaired) electrons. The average Bonchev–Trinajstić information content (AvgIpc) is 2.80. The number of unbranched alkanes of at least 4 members (excludes halogenated alkanes) is 6. The van der Waals surface area contributed by atoms with E-state index in [1.54, 1.807) is 11.3 Å². The first-order chi connectivity index (χ1) is 8.33. The van der Waals surface area contributed by atoms with Gasteiger partial charge in [-0.15, -0.1) is 11.3 Å². The van der Waals surface area contributed by atoms with Crippen molar-refractivity contribution in [1.82, 2.24) is 4.98 Å². The Hall–Kier alpha value is -0.410.